The Kier molecular flexibility index (Phi) is 2.75. The number of allylic oxidation sites excluding steroid dienone is 2. The van der Waals surface area contributed by atoms with Crippen LogP contribution in [0, 0.1) is 0 Å². The average molecular weight is 210 g/mol. The van der Waals surface area contributed by atoms with Crippen molar-refractivity contribution in [2.75, 3.05) is 20.3 Å². The number of hydrogen-bond acceptors (Lipinski definition) is 5. The third kappa shape index (κ3) is 1.75. The molecule has 2 heterocycles. The Morgan fingerprint density at radius 1 is 1.60 bits per heavy atom. The first-order valence-electron chi connectivity index (χ1n) is 4.86. The highest BCUT2D eigenvalue weighted by molar-refractivity contribution is 5.70. The summed E-state index contributed by atoms with van der Waals surface area (Å²) in [4.78, 5) is 11.2. The molecule has 15 heavy (non-hydrogen) atoms. The molecule has 0 aromatic carbocycles. The maximum absolute atomic E-state index is 11.2. The molecule has 0 saturated carbocycles. The number of dihydropyridines is 1. The number of ether oxygens (including phenoxy) is 2. The quantitative estimate of drug-likeness (QED) is 0.616. The highest BCUT2D eigenvalue weighted by atomic mass is 16.7. The van der Waals surface area contributed by atoms with Crippen molar-refractivity contribution >= 4 is 6.29 Å². The number of nitrogens with one attached hydrogen (secondary N) is 2. The fourth-order valence-corrected chi connectivity index (χ4v) is 1.66. The van der Waals surface area contributed by atoms with Gasteiger partial charge in [-0.1, -0.05) is 6.08 Å². The lowest BCUT2D eigenvalue weighted by Gasteiger charge is -2.33. The molecule has 0 spiro atoms. The number of carbonyl (C=O) groups is 1. The number of aldehydes is 1. The van der Waals surface area contributed by atoms with Crippen molar-refractivity contribution in [1.29, 1.82) is 0 Å². The first kappa shape index (κ1) is 10.2. The van der Waals surface area contributed by atoms with Gasteiger partial charge in [-0.05, 0) is 12.2 Å². The zero-order valence-corrected chi connectivity index (χ0v) is 8.53. The van der Waals surface area contributed by atoms with Gasteiger partial charge >= 0.3 is 0 Å². The summed E-state index contributed by atoms with van der Waals surface area (Å²) in [5, 5.41) is 6.00. The van der Waals surface area contributed by atoms with E-state index in [1.165, 1.54) is 0 Å². The van der Waals surface area contributed by atoms with Gasteiger partial charge in [0.05, 0.1) is 19.0 Å². The molecule has 0 amide bonds. The zero-order chi connectivity index (χ0) is 10.7. The fourth-order valence-electron chi connectivity index (χ4n) is 1.66. The normalized spacial score (nSPS) is 30.9. The topological polar surface area (TPSA) is 59.6 Å². The molecule has 2 rings (SSSR count). The maximum Gasteiger partial charge on any atom is 0.191 e. The summed E-state index contributed by atoms with van der Waals surface area (Å²) in [6.07, 6.45) is 5.65. The minimum Gasteiger partial charge on any atom is -0.375 e. The van der Waals surface area contributed by atoms with Gasteiger partial charge in [0.1, 0.15) is 0 Å². The van der Waals surface area contributed by atoms with Gasteiger partial charge in [0, 0.05) is 7.05 Å². The summed E-state index contributed by atoms with van der Waals surface area (Å²) in [7, 11) is 1.78. The molecule has 2 aliphatic heterocycles. The Hall–Kier alpha value is -1.33. The van der Waals surface area contributed by atoms with E-state index in [1.807, 2.05) is 12.2 Å². The average Bonchev–Trinajstić information content (AvgIpc) is 2.83. The van der Waals surface area contributed by atoms with Crippen molar-refractivity contribution in [3.05, 3.63) is 24.0 Å². The van der Waals surface area contributed by atoms with Crippen molar-refractivity contribution in [2.45, 2.75) is 11.8 Å². The number of carbonyl (C=O) groups excluding carboxylic acids is 1. The molecular weight excluding hydrogens is 196 g/mol. The van der Waals surface area contributed by atoms with Gasteiger partial charge in [-0.25, -0.2) is 0 Å². The van der Waals surface area contributed by atoms with E-state index in [9.17, 15) is 4.79 Å². The van der Waals surface area contributed by atoms with E-state index >= 15 is 0 Å². The SMILES string of the molecule is CNC1=CC=CC(C=O)(C2OCCO2)N1. The molecular formula is C10H14N2O3. The standard InChI is InChI=1S/C10H14N2O3/c1-11-8-3-2-4-10(7-13,12-8)9-14-5-6-15-9/h2-4,7,9,11-12H,5-6H2,1H3. The minimum atomic E-state index is -0.913. The van der Waals surface area contributed by atoms with Crippen molar-refractivity contribution in [3.8, 4) is 0 Å². The molecule has 1 saturated heterocycles. The summed E-state index contributed by atoms with van der Waals surface area (Å²) in [6, 6.07) is 0. The molecule has 0 radical (unpaired) electrons. The molecule has 0 bridgehead atoms. The predicted molar refractivity (Wildman–Crippen MR) is 53.9 cm³/mol. The second-order valence-electron chi connectivity index (χ2n) is 3.44. The molecule has 0 aromatic rings. The monoisotopic (exact) mass is 210 g/mol. The lowest BCUT2D eigenvalue weighted by Crippen LogP contribution is -2.57. The Bertz CT molecular complexity index is 308. The molecule has 1 atom stereocenters. The molecule has 5 heteroatoms. The van der Waals surface area contributed by atoms with E-state index in [2.05, 4.69) is 10.6 Å². The lowest BCUT2D eigenvalue weighted by molar-refractivity contribution is -0.130. The third-order valence-corrected chi connectivity index (χ3v) is 2.46. The van der Waals surface area contributed by atoms with Crippen LogP contribution in [-0.4, -0.2) is 38.4 Å². The summed E-state index contributed by atoms with van der Waals surface area (Å²) in [6.45, 7) is 1.04. The molecule has 0 aromatic heterocycles. The number of rotatable bonds is 3. The van der Waals surface area contributed by atoms with Gasteiger partial charge in [0.2, 0.25) is 0 Å². The minimum absolute atomic E-state index is 0.522. The predicted octanol–water partition coefficient (Wildman–Crippen LogP) is -0.483. The molecule has 1 fully saturated rings. The van der Waals surface area contributed by atoms with Crippen molar-refractivity contribution in [1.82, 2.24) is 10.6 Å². The van der Waals surface area contributed by atoms with Crippen LogP contribution >= 0.6 is 0 Å². The molecule has 82 valence electrons. The van der Waals surface area contributed by atoms with E-state index in [0.717, 1.165) is 12.1 Å². The Balaban J connectivity index is 2.19. The molecule has 1 unspecified atom stereocenters. The number of hydrogen-bond donors (Lipinski definition) is 2. The van der Waals surface area contributed by atoms with Crippen LogP contribution < -0.4 is 10.6 Å². The summed E-state index contributed by atoms with van der Waals surface area (Å²) in [5.74, 6) is 0.767. The van der Waals surface area contributed by atoms with Crippen LogP contribution in [0.1, 0.15) is 0 Å². The largest absolute Gasteiger partial charge is 0.375 e. The smallest absolute Gasteiger partial charge is 0.191 e. The van der Waals surface area contributed by atoms with Crippen LogP contribution in [0.3, 0.4) is 0 Å². The van der Waals surface area contributed by atoms with Crippen LogP contribution in [0.2, 0.25) is 0 Å². The van der Waals surface area contributed by atoms with E-state index in [1.54, 1.807) is 13.1 Å². The maximum atomic E-state index is 11.2. The van der Waals surface area contributed by atoms with Crippen molar-refractivity contribution in [2.24, 2.45) is 0 Å². The van der Waals surface area contributed by atoms with E-state index in [-0.39, 0.29) is 0 Å². The van der Waals surface area contributed by atoms with E-state index in [0.29, 0.717) is 13.2 Å². The summed E-state index contributed by atoms with van der Waals surface area (Å²) < 4.78 is 10.7. The Labute approximate surface area is 88.1 Å². The first-order valence-corrected chi connectivity index (χ1v) is 4.86. The van der Waals surface area contributed by atoms with Gasteiger partial charge in [-0.15, -0.1) is 0 Å². The van der Waals surface area contributed by atoms with Crippen LogP contribution in [0.15, 0.2) is 24.0 Å². The highest BCUT2D eigenvalue weighted by Gasteiger charge is 2.42. The van der Waals surface area contributed by atoms with Gasteiger partial charge < -0.3 is 24.9 Å². The van der Waals surface area contributed by atoms with Crippen LogP contribution in [-0.2, 0) is 14.3 Å². The van der Waals surface area contributed by atoms with Crippen molar-refractivity contribution < 1.29 is 14.3 Å². The highest BCUT2D eigenvalue weighted by Crippen LogP contribution is 2.22. The van der Waals surface area contributed by atoms with E-state index < -0.39 is 11.8 Å². The molecule has 0 aliphatic carbocycles. The van der Waals surface area contributed by atoms with E-state index in [4.69, 9.17) is 9.47 Å². The van der Waals surface area contributed by atoms with Gasteiger partial charge in [0.25, 0.3) is 0 Å². The lowest BCUT2D eigenvalue weighted by atomic mass is 9.98. The zero-order valence-electron chi connectivity index (χ0n) is 8.53. The van der Waals surface area contributed by atoms with Gasteiger partial charge in [-0.3, -0.25) is 0 Å². The summed E-state index contributed by atoms with van der Waals surface area (Å²) >= 11 is 0. The Morgan fingerprint density at radius 3 is 2.93 bits per heavy atom. The van der Waals surface area contributed by atoms with Crippen molar-refractivity contribution in [3.63, 3.8) is 0 Å². The second-order valence-corrected chi connectivity index (χ2v) is 3.44. The Morgan fingerprint density at radius 2 is 2.33 bits per heavy atom. The van der Waals surface area contributed by atoms with Crippen LogP contribution in [0.25, 0.3) is 0 Å². The molecule has 2 N–H and O–H groups in total. The van der Waals surface area contributed by atoms with Crippen LogP contribution in [0.4, 0.5) is 0 Å². The molecule has 2 aliphatic rings. The summed E-state index contributed by atoms with van der Waals surface area (Å²) in [5.41, 5.74) is -0.913. The third-order valence-electron chi connectivity index (χ3n) is 2.46. The van der Waals surface area contributed by atoms with Gasteiger partial charge in [-0.2, -0.15) is 0 Å². The second kappa shape index (κ2) is 4.04. The fraction of sp³-hybridized carbons (Fsp3) is 0.500. The van der Waals surface area contributed by atoms with Crippen LogP contribution in [0.5, 0.6) is 0 Å². The molecule has 5 nitrogen and oxygen atoms in total. The van der Waals surface area contributed by atoms with Gasteiger partial charge in [0.15, 0.2) is 18.1 Å². The first-order chi connectivity index (χ1) is 7.30.